The van der Waals surface area contributed by atoms with Crippen molar-refractivity contribution < 1.29 is 18.7 Å². The second kappa shape index (κ2) is 8.19. The third-order valence-corrected chi connectivity index (χ3v) is 5.55. The SMILES string of the molecule is Cc1ccc(OC2CCN(C(=O)C3CC(=O)N(c4ccc(F)cc4)C3)CC2)cn1. The summed E-state index contributed by atoms with van der Waals surface area (Å²) >= 11 is 0. The minimum atomic E-state index is -0.355. The summed E-state index contributed by atoms with van der Waals surface area (Å²) in [5.41, 5.74) is 1.57. The lowest BCUT2D eigenvalue weighted by Gasteiger charge is -2.33. The Bertz CT molecular complexity index is 877. The molecule has 2 fully saturated rings. The molecule has 2 aliphatic heterocycles. The van der Waals surface area contributed by atoms with E-state index in [-0.39, 0.29) is 36.1 Å². The van der Waals surface area contributed by atoms with Crippen molar-refractivity contribution in [1.82, 2.24) is 9.88 Å². The predicted molar refractivity (Wildman–Crippen MR) is 106 cm³/mol. The molecule has 2 amide bonds. The number of piperidine rings is 1. The maximum absolute atomic E-state index is 13.1. The summed E-state index contributed by atoms with van der Waals surface area (Å²) in [5.74, 6) is -0.0407. The fourth-order valence-electron chi connectivity index (χ4n) is 3.91. The molecule has 1 unspecified atom stereocenters. The van der Waals surface area contributed by atoms with Crippen LogP contribution in [-0.2, 0) is 9.59 Å². The molecule has 2 aliphatic rings. The van der Waals surface area contributed by atoms with Crippen LogP contribution in [0.2, 0.25) is 0 Å². The van der Waals surface area contributed by atoms with Gasteiger partial charge >= 0.3 is 0 Å². The number of hydrogen-bond acceptors (Lipinski definition) is 4. The Labute approximate surface area is 169 Å². The lowest BCUT2D eigenvalue weighted by molar-refractivity contribution is -0.137. The number of anilines is 1. The molecule has 3 heterocycles. The highest BCUT2D eigenvalue weighted by Crippen LogP contribution is 2.28. The van der Waals surface area contributed by atoms with Crippen molar-refractivity contribution >= 4 is 17.5 Å². The highest BCUT2D eigenvalue weighted by atomic mass is 19.1. The average molecular weight is 397 g/mol. The molecule has 0 aliphatic carbocycles. The lowest BCUT2D eigenvalue weighted by Crippen LogP contribution is -2.44. The normalized spacial score (nSPS) is 20.2. The zero-order valence-electron chi connectivity index (χ0n) is 16.4. The number of carbonyl (C=O) groups is 2. The molecular weight excluding hydrogens is 373 g/mol. The number of rotatable bonds is 4. The van der Waals surface area contributed by atoms with E-state index < -0.39 is 0 Å². The Morgan fingerprint density at radius 1 is 1.14 bits per heavy atom. The first kappa shape index (κ1) is 19.4. The van der Waals surface area contributed by atoms with Crippen LogP contribution in [0.15, 0.2) is 42.6 Å². The number of hydrogen-bond donors (Lipinski definition) is 0. The summed E-state index contributed by atoms with van der Waals surface area (Å²) in [4.78, 5) is 32.9. The number of likely N-dealkylation sites (tertiary alicyclic amines) is 1. The van der Waals surface area contributed by atoms with E-state index in [9.17, 15) is 14.0 Å². The van der Waals surface area contributed by atoms with Crippen molar-refractivity contribution in [3.8, 4) is 5.75 Å². The summed E-state index contributed by atoms with van der Waals surface area (Å²) in [7, 11) is 0. The van der Waals surface area contributed by atoms with Gasteiger partial charge in [-0.1, -0.05) is 0 Å². The molecule has 2 saturated heterocycles. The van der Waals surface area contributed by atoms with E-state index in [1.807, 2.05) is 24.0 Å². The van der Waals surface area contributed by atoms with Crippen LogP contribution < -0.4 is 9.64 Å². The van der Waals surface area contributed by atoms with E-state index in [0.717, 1.165) is 24.3 Å². The van der Waals surface area contributed by atoms with Crippen molar-refractivity contribution in [1.29, 1.82) is 0 Å². The average Bonchev–Trinajstić information content (AvgIpc) is 3.12. The third kappa shape index (κ3) is 4.39. The van der Waals surface area contributed by atoms with E-state index in [2.05, 4.69) is 4.98 Å². The van der Waals surface area contributed by atoms with Gasteiger partial charge in [0.25, 0.3) is 0 Å². The van der Waals surface area contributed by atoms with Gasteiger partial charge in [0.15, 0.2) is 0 Å². The fourth-order valence-corrected chi connectivity index (χ4v) is 3.91. The van der Waals surface area contributed by atoms with Crippen molar-refractivity contribution in [3.05, 3.63) is 54.1 Å². The van der Waals surface area contributed by atoms with Gasteiger partial charge in [0, 0.05) is 50.3 Å². The summed E-state index contributed by atoms with van der Waals surface area (Å²) < 4.78 is 19.1. The third-order valence-electron chi connectivity index (χ3n) is 5.55. The van der Waals surface area contributed by atoms with Gasteiger partial charge in [-0.2, -0.15) is 0 Å². The van der Waals surface area contributed by atoms with Crippen molar-refractivity contribution in [3.63, 3.8) is 0 Å². The largest absolute Gasteiger partial charge is 0.489 e. The molecule has 7 heteroatoms. The van der Waals surface area contributed by atoms with Gasteiger partial charge in [0.2, 0.25) is 11.8 Å². The van der Waals surface area contributed by atoms with Gasteiger partial charge in [-0.25, -0.2) is 4.39 Å². The van der Waals surface area contributed by atoms with E-state index in [1.165, 1.54) is 12.1 Å². The van der Waals surface area contributed by atoms with Gasteiger partial charge in [0.1, 0.15) is 17.7 Å². The van der Waals surface area contributed by atoms with E-state index >= 15 is 0 Å². The van der Waals surface area contributed by atoms with Crippen LogP contribution in [0.4, 0.5) is 10.1 Å². The standard InChI is InChI=1S/C22H24FN3O3/c1-15-2-7-20(13-24-15)29-19-8-10-25(11-9-19)22(28)16-12-21(27)26(14-16)18-5-3-17(23)4-6-18/h2-7,13,16,19H,8-12,14H2,1H3. The molecule has 0 saturated carbocycles. The molecule has 1 aromatic carbocycles. The first-order chi connectivity index (χ1) is 14.0. The molecule has 4 rings (SSSR count). The van der Waals surface area contributed by atoms with Crippen LogP contribution in [0.3, 0.4) is 0 Å². The highest BCUT2D eigenvalue weighted by Gasteiger charge is 2.38. The molecule has 1 aromatic heterocycles. The monoisotopic (exact) mass is 397 g/mol. The number of amides is 2. The van der Waals surface area contributed by atoms with Crippen molar-refractivity contribution in [2.75, 3.05) is 24.5 Å². The molecule has 0 N–H and O–H groups in total. The molecule has 1 atom stereocenters. The van der Waals surface area contributed by atoms with Crippen LogP contribution in [0, 0.1) is 18.7 Å². The Balaban J connectivity index is 1.31. The van der Waals surface area contributed by atoms with Crippen molar-refractivity contribution in [2.45, 2.75) is 32.3 Å². The summed E-state index contributed by atoms with van der Waals surface area (Å²) in [5, 5.41) is 0. The molecule has 6 nitrogen and oxygen atoms in total. The van der Waals surface area contributed by atoms with Crippen LogP contribution in [0.25, 0.3) is 0 Å². The molecule has 0 spiro atoms. The van der Waals surface area contributed by atoms with Crippen LogP contribution in [-0.4, -0.2) is 47.4 Å². The summed E-state index contributed by atoms with van der Waals surface area (Å²) in [6.45, 7) is 3.50. The molecule has 0 radical (unpaired) electrons. The van der Waals surface area contributed by atoms with Gasteiger partial charge in [0.05, 0.1) is 12.1 Å². The maximum Gasteiger partial charge on any atom is 0.228 e. The Morgan fingerprint density at radius 2 is 1.86 bits per heavy atom. The summed E-state index contributed by atoms with van der Waals surface area (Å²) in [6, 6.07) is 9.62. The zero-order valence-corrected chi connectivity index (χ0v) is 16.4. The van der Waals surface area contributed by atoms with Crippen LogP contribution >= 0.6 is 0 Å². The molecular formula is C22H24FN3O3. The van der Waals surface area contributed by atoms with Gasteiger partial charge in [-0.15, -0.1) is 0 Å². The second-order valence-electron chi connectivity index (χ2n) is 7.66. The molecule has 2 aromatic rings. The Kier molecular flexibility index (Phi) is 5.47. The number of benzene rings is 1. The molecule has 29 heavy (non-hydrogen) atoms. The zero-order chi connectivity index (χ0) is 20.4. The maximum atomic E-state index is 13.1. The van der Waals surface area contributed by atoms with Gasteiger partial charge < -0.3 is 14.5 Å². The number of pyridine rings is 1. The minimum Gasteiger partial charge on any atom is -0.489 e. The predicted octanol–water partition coefficient (Wildman–Crippen LogP) is 2.95. The number of ether oxygens (including phenoxy) is 1. The fraction of sp³-hybridized carbons (Fsp3) is 0.409. The summed E-state index contributed by atoms with van der Waals surface area (Å²) in [6.07, 6.45) is 3.48. The highest BCUT2D eigenvalue weighted by molar-refractivity contribution is 6.00. The Hall–Kier alpha value is -2.96. The van der Waals surface area contributed by atoms with Crippen molar-refractivity contribution in [2.24, 2.45) is 5.92 Å². The quantitative estimate of drug-likeness (QED) is 0.796. The molecule has 0 bridgehead atoms. The first-order valence-corrected chi connectivity index (χ1v) is 9.93. The second-order valence-corrected chi connectivity index (χ2v) is 7.66. The first-order valence-electron chi connectivity index (χ1n) is 9.93. The smallest absolute Gasteiger partial charge is 0.228 e. The Morgan fingerprint density at radius 3 is 2.52 bits per heavy atom. The van der Waals surface area contributed by atoms with Crippen LogP contribution in [0.1, 0.15) is 25.0 Å². The number of carbonyl (C=O) groups excluding carboxylic acids is 2. The number of nitrogens with zero attached hydrogens (tertiary/aromatic N) is 3. The van der Waals surface area contributed by atoms with E-state index in [0.29, 0.717) is 25.3 Å². The number of aromatic nitrogens is 1. The van der Waals surface area contributed by atoms with Crippen LogP contribution in [0.5, 0.6) is 5.75 Å². The topological polar surface area (TPSA) is 62.7 Å². The van der Waals surface area contributed by atoms with E-state index in [1.54, 1.807) is 23.2 Å². The van der Waals surface area contributed by atoms with Gasteiger partial charge in [-0.3, -0.25) is 14.6 Å². The van der Waals surface area contributed by atoms with Gasteiger partial charge in [-0.05, 0) is 43.3 Å². The number of aryl methyl sites for hydroxylation is 1. The lowest BCUT2D eigenvalue weighted by atomic mass is 10.0. The molecule has 152 valence electrons. The number of halogens is 1. The van der Waals surface area contributed by atoms with E-state index in [4.69, 9.17) is 4.74 Å². The minimum absolute atomic E-state index is 0.0124.